The van der Waals surface area contributed by atoms with Gasteiger partial charge in [-0.3, -0.25) is 0 Å². The monoisotopic (exact) mass is 201 g/mol. The van der Waals surface area contributed by atoms with Gasteiger partial charge in [0.1, 0.15) is 0 Å². The predicted molar refractivity (Wildman–Crippen MR) is 66.6 cm³/mol. The van der Waals surface area contributed by atoms with Crippen molar-refractivity contribution in [3.05, 3.63) is 34.5 Å². The highest BCUT2D eigenvalue weighted by Gasteiger charge is 2.12. The first kappa shape index (κ1) is 10.3. The van der Waals surface area contributed by atoms with Crippen LogP contribution in [0.2, 0.25) is 0 Å². The van der Waals surface area contributed by atoms with E-state index in [0.29, 0.717) is 0 Å². The van der Waals surface area contributed by atoms with E-state index in [1.165, 1.54) is 33.3 Å². The van der Waals surface area contributed by atoms with Gasteiger partial charge in [0.2, 0.25) is 0 Å². The highest BCUT2D eigenvalue weighted by molar-refractivity contribution is 5.89. The summed E-state index contributed by atoms with van der Waals surface area (Å²) in [5.41, 5.74) is 7.05. The van der Waals surface area contributed by atoms with Gasteiger partial charge in [-0.1, -0.05) is 6.07 Å². The Bertz CT molecular complexity index is 518. The highest BCUT2D eigenvalue weighted by Crippen LogP contribution is 2.29. The molecular weight excluding hydrogens is 182 g/mol. The zero-order valence-corrected chi connectivity index (χ0v) is 10.3. The molecule has 1 heteroatoms. The summed E-state index contributed by atoms with van der Waals surface area (Å²) in [6, 6.07) is 4.48. The van der Waals surface area contributed by atoms with Crippen molar-refractivity contribution < 1.29 is 0 Å². The van der Waals surface area contributed by atoms with Crippen LogP contribution in [-0.4, -0.2) is 4.57 Å². The lowest BCUT2D eigenvalue weighted by molar-refractivity contribution is 0.766. The zero-order valence-electron chi connectivity index (χ0n) is 10.3. The van der Waals surface area contributed by atoms with Gasteiger partial charge >= 0.3 is 0 Å². The van der Waals surface area contributed by atoms with E-state index in [9.17, 15) is 0 Å². The molecule has 0 fully saturated rings. The number of rotatable bonds is 1. The van der Waals surface area contributed by atoms with E-state index in [1.54, 1.807) is 0 Å². The van der Waals surface area contributed by atoms with E-state index in [4.69, 9.17) is 0 Å². The Morgan fingerprint density at radius 3 is 2.27 bits per heavy atom. The van der Waals surface area contributed by atoms with E-state index in [-0.39, 0.29) is 0 Å². The lowest BCUT2D eigenvalue weighted by Gasteiger charge is -2.05. The fourth-order valence-electron chi connectivity index (χ4n) is 2.47. The molecule has 0 radical (unpaired) electrons. The fraction of sp³-hybridized carbons (Fsp3) is 0.429. The van der Waals surface area contributed by atoms with Crippen LogP contribution >= 0.6 is 0 Å². The SMILES string of the molecule is CCn1c(C)c(C)c2c(C)c(C)ccc21. The van der Waals surface area contributed by atoms with Crippen molar-refractivity contribution in [3.63, 3.8) is 0 Å². The summed E-state index contributed by atoms with van der Waals surface area (Å²) < 4.78 is 2.40. The van der Waals surface area contributed by atoms with E-state index < -0.39 is 0 Å². The molecule has 15 heavy (non-hydrogen) atoms. The predicted octanol–water partition coefficient (Wildman–Crippen LogP) is 3.89. The molecule has 1 nitrogen and oxygen atoms in total. The number of benzene rings is 1. The van der Waals surface area contributed by atoms with E-state index >= 15 is 0 Å². The first-order valence-electron chi connectivity index (χ1n) is 5.63. The zero-order chi connectivity index (χ0) is 11.2. The molecule has 1 aromatic carbocycles. The number of hydrogen-bond acceptors (Lipinski definition) is 0. The van der Waals surface area contributed by atoms with Crippen molar-refractivity contribution in [2.75, 3.05) is 0 Å². The normalized spacial score (nSPS) is 11.3. The average Bonchev–Trinajstić information content (AvgIpc) is 2.46. The summed E-state index contributed by atoms with van der Waals surface area (Å²) in [4.78, 5) is 0. The minimum Gasteiger partial charge on any atom is -0.345 e. The third kappa shape index (κ3) is 1.30. The minimum absolute atomic E-state index is 1.05. The molecular formula is C14H19N. The van der Waals surface area contributed by atoms with Gasteiger partial charge in [-0.25, -0.2) is 0 Å². The van der Waals surface area contributed by atoms with Crippen molar-refractivity contribution in [3.8, 4) is 0 Å². The Hall–Kier alpha value is -1.24. The van der Waals surface area contributed by atoms with Gasteiger partial charge in [-0.05, 0) is 57.4 Å². The van der Waals surface area contributed by atoms with Gasteiger partial charge in [0.05, 0.1) is 0 Å². The van der Waals surface area contributed by atoms with Crippen LogP contribution in [-0.2, 0) is 6.54 Å². The Balaban J connectivity index is 2.97. The van der Waals surface area contributed by atoms with Crippen LogP contribution in [0, 0.1) is 27.7 Å². The number of aromatic nitrogens is 1. The topological polar surface area (TPSA) is 4.93 Å². The Kier molecular flexibility index (Phi) is 2.34. The number of aryl methyl sites for hydroxylation is 4. The number of fused-ring (bicyclic) bond motifs is 1. The molecule has 0 aliphatic rings. The average molecular weight is 201 g/mol. The lowest BCUT2D eigenvalue weighted by Crippen LogP contribution is -1.96. The Labute approximate surface area is 91.7 Å². The van der Waals surface area contributed by atoms with Gasteiger partial charge in [0, 0.05) is 23.1 Å². The largest absolute Gasteiger partial charge is 0.345 e. The third-order valence-corrected chi connectivity index (χ3v) is 3.64. The summed E-state index contributed by atoms with van der Waals surface area (Å²) >= 11 is 0. The third-order valence-electron chi connectivity index (χ3n) is 3.64. The highest BCUT2D eigenvalue weighted by atomic mass is 15.0. The van der Waals surface area contributed by atoms with E-state index in [1.807, 2.05) is 0 Å². The molecule has 80 valence electrons. The summed E-state index contributed by atoms with van der Waals surface area (Å²) in [5, 5.41) is 1.45. The molecule has 2 aromatic rings. The Morgan fingerprint density at radius 2 is 1.67 bits per heavy atom. The van der Waals surface area contributed by atoms with Crippen LogP contribution in [0.3, 0.4) is 0 Å². The number of hydrogen-bond donors (Lipinski definition) is 0. The first-order valence-corrected chi connectivity index (χ1v) is 5.63. The molecule has 1 aromatic heterocycles. The summed E-state index contributed by atoms with van der Waals surface area (Å²) in [6.45, 7) is 12.1. The maximum atomic E-state index is 2.40. The van der Waals surface area contributed by atoms with E-state index in [2.05, 4.69) is 51.3 Å². The van der Waals surface area contributed by atoms with Crippen molar-refractivity contribution in [1.29, 1.82) is 0 Å². The standard InChI is InChI=1S/C14H19N/c1-6-15-12(5)11(4)14-10(3)9(2)7-8-13(14)15/h7-8H,6H2,1-5H3. The van der Waals surface area contributed by atoms with Gasteiger partial charge in [0.15, 0.2) is 0 Å². The molecule has 0 aliphatic carbocycles. The minimum atomic E-state index is 1.05. The van der Waals surface area contributed by atoms with Crippen molar-refractivity contribution in [1.82, 2.24) is 4.57 Å². The summed E-state index contributed by atoms with van der Waals surface area (Å²) in [5.74, 6) is 0. The number of nitrogens with zero attached hydrogens (tertiary/aromatic N) is 1. The second-order valence-corrected chi connectivity index (χ2v) is 4.36. The van der Waals surface area contributed by atoms with E-state index in [0.717, 1.165) is 6.54 Å². The van der Waals surface area contributed by atoms with Gasteiger partial charge in [-0.2, -0.15) is 0 Å². The molecule has 0 atom stereocenters. The van der Waals surface area contributed by atoms with Crippen LogP contribution in [0.15, 0.2) is 12.1 Å². The van der Waals surface area contributed by atoms with Gasteiger partial charge < -0.3 is 4.57 Å². The van der Waals surface area contributed by atoms with Crippen molar-refractivity contribution in [2.24, 2.45) is 0 Å². The molecule has 1 heterocycles. The molecule has 0 spiro atoms. The maximum absolute atomic E-state index is 2.40. The van der Waals surface area contributed by atoms with Gasteiger partial charge in [0.25, 0.3) is 0 Å². The van der Waals surface area contributed by atoms with Crippen LogP contribution < -0.4 is 0 Å². The summed E-state index contributed by atoms with van der Waals surface area (Å²) in [6.07, 6.45) is 0. The molecule has 0 saturated heterocycles. The molecule has 0 N–H and O–H groups in total. The van der Waals surface area contributed by atoms with Crippen LogP contribution in [0.5, 0.6) is 0 Å². The quantitative estimate of drug-likeness (QED) is 0.659. The molecule has 0 unspecified atom stereocenters. The van der Waals surface area contributed by atoms with Crippen LogP contribution in [0.25, 0.3) is 10.9 Å². The van der Waals surface area contributed by atoms with Crippen molar-refractivity contribution in [2.45, 2.75) is 41.2 Å². The van der Waals surface area contributed by atoms with Crippen molar-refractivity contribution >= 4 is 10.9 Å². The molecule has 2 rings (SSSR count). The first-order chi connectivity index (χ1) is 7.07. The summed E-state index contributed by atoms with van der Waals surface area (Å²) in [7, 11) is 0. The van der Waals surface area contributed by atoms with Gasteiger partial charge in [-0.15, -0.1) is 0 Å². The molecule has 0 bridgehead atoms. The fourth-order valence-corrected chi connectivity index (χ4v) is 2.47. The smallest absolute Gasteiger partial charge is 0.0487 e. The molecule has 0 aliphatic heterocycles. The van der Waals surface area contributed by atoms with Crippen LogP contribution in [0.1, 0.15) is 29.3 Å². The lowest BCUT2D eigenvalue weighted by atomic mass is 10.0. The molecule has 0 amide bonds. The second kappa shape index (κ2) is 3.41. The maximum Gasteiger partial charge on any atom is 0.0487 e. The molecule has 0 saturated carbocycles. The Morgan fingerprint density at radius 1 is 1.00 bits per heavy atom. The second-order valence-electron chi connectivity index (χ2n) is 4.36. The van der Waals surface area contributed by atoms with Crippen LogP contribution in [0.4, 0.5) is 0 Å².